The fourth-order valence-corrected chi connectivity index (χ4v) is 2.87. The van der Waals surface area contributed by atoms with Crippen molar-refractivity contribution in [3.05, 3.63) is 70.0 Å². The number of methoxy groups -OCH3 is 1. The lowest BCUT2D eigenvalue weighted by molar-refractivity contribution is -0.139. The predicted octanol–water partition coefficient (Wildman–Crippen LogP) is 1.48. The molecule has 0 aliphatic rings. The Morgan fingerprint density at radius 3 is 2.79 bits per heavy atom. The molecular formula is C19H15FN6O3. The molecule has 9 nitrogen and oxygen atoms in total. The van der Waals surface area contributed by atoms with Gasteiger partial charge in [-0.15, -0.1) is 10.2 Å². The molecule has 0 saturated heterocycles. The smallest absolute Gasteiger partial charge is 0.311 e. The van der Waals surface area contributed by atoms with Crippen LogP contribution in [0.15, 0.2) is 47.4 Å². The second-order valence-corrected chi connectivity index (χ2v) is 6.17. The Hall–Kier alpha value is -3.95. The zero-order valence-corrected chi connectivity index (χ0v) is 15.3. The number of rotatable bonds is 5. The van der Waals surface area contributed by atoms with Crippen LogP contribution >= 0.6 is 0 Å². The molecule has 10 heteroatoms. The normalized spacial score (nSPS) is 11.0. The lowest BCUT2D eigenvalue weighted by Crippen LogP contribution is -2.21. The summed E-state index contributed by atoms with van der Waals surface area (Å²) in [6, 6.07) is 9.87. The van der Waals surface area contributed by atoms with Crippen LogP contribution in [0.25, 0.3) is 22.6 Å². The molecule has 0 unspecified atom stereocenters. The summed E-state index contributed by atoms with van der Waals surface area (Å²) in [6.07, 6.45) is 1.31. The van der Waals surface area contributed by atoms with Crippen molar-refractivity contribution in [1.29, 1.82) is 0 Å². The molecule has 29 heavy (non-hydrogen) atoms. The minimum absolute atomic E-state index is 0.0613. The number of carbonyl (C=O) groups excluding carboxylic acids is 1. The quantitative estimate of drug-likeness (QED) is 0.510. The van der Waals surface area contributed by atoms with Gasteiger partial charge in [0.25, 0.3) is 5.56 Å². The SMILES string of the molecule is COC(=O)Cc1nnc(-c2nn(Cc3ccccc3F)c3ncccc23)[nH]c1=O. The van der Waals surface area contributed by atoms with Crippen LogP contribution < -0.4 is 5.56 Å². The summed E-state index contributed by atoms with van der Waals surface area (Å²) >= 11 is 0. The number of nitrogens with zero attached hydrogens (tertiary/aromatic N) is 5. The monoisotopic (exact) mass is 394 g/mol. The van der Waals surface area contributed by atoms with Gasteiger partial charge in [0.1, 0.15) is 17.2 Å². The van der Waals surface area contributed by atoms with Crippen molar-refractivity contribution in [2.45, 2.75) is 13.0 Å². The molecule has 0 spiro atoms. The number of esters is 1. The Morgan fingerprint density at radius 2 is 2.03 bits per heavy atom. The zero-order chi connectivity index (χ0) is 20.4. The van der Waals surface area contributed by atoms with E-state index in [0.29, 0.717) is 22.3 Å². The van der Waals surface area contributed by atoms with Gasteiger partial charge < -0.3 is 9.72 Å². The molecule has 4 aromatic rings. The van der Waals surface area contributed by atoms with Crippen molar-refractivity contribution >= 4 is 17.0 Å². The number of hydrogen-bond donors (Lipinski definition) is 1. The lowest BCUT2D eigenvalue weighted by atomic mass is 10.2. The Morgan fingerprint density at radius 1 is 1.21 bits per heavy atom. The maximum Gasteiger partial charge on any atom is 0.311 e. The van der Waals surface area contributed by atoms with E-state index in [1.54, 1.807) is 36.5 Å². The molecule has 0 radical (unpaired) electrons. The van der Waals surface area contributed by atoms with E-state index in [1.807, 2.05) is 0 Å². The minimum atomic E-state index is -0.596. The second kappa shape index (κ2) is 7.58. The number of aromatic amines is 1. The van der Waals surface area contributed by atoms with Gasteiger partial charge in [-0.1, -0.05) is 18.2 Å². The molecule has 0 amide bonds. The standard InChI is InChI=1S/C19H15FN6O3/c1-29-15(27)9-14-19(28)22-17(24-23-14)16-12-6-4-8-21-18(12)26(25-16)10-11-5-2-3-7-13(11)20/h2-8H,9-10H2,1H3,(H,22,24,28). The van der Waals surface area contributed by atoms with Gasteiger partial charge in [-0.25, -0.2) is 14.1 Å². The molecule has 1 N–H and O–H groups in total. The molecule has 0 bridgehead atoms. The summed E-state index contributed by atoms with van der Waals surface area (Å²) in [7, 11) is 1.22. The van der Waals surface area contributed by atoms with Gasteiger partial charge in [-0.05, 0) is 18.2 Å². The van der Waals surface area contributed by atoms with E-state index in [4.69, 9.17) is 0 Å². The van der Waals surface area contributed by atoms with Crippen LogP contribution in [0.2, 0.25) is 0 Å². The van der Waals surface area contributed by atoms with Crippen molar-refractivity contribution in [2.24, 2.45) is 0 Å². The maximum atomic E-state index is 14.1. The average Bonchev–Trinajstić information content (AvgIpc) is 3.10. The maximum absolute atomic E-state index is 14.1. The van der Waals surface area contributed by atoms with Crippen LogP contribution in [-0.2, 0) is 22.5 Å². The summed E-state index contributed by atoms with van der Waals surface area (Å²) < 4.78 is 20.1. The second-order valence-electron chi connectivity index (χ2n) is 6.17. The number of ether oxygens (including phenoxy) is 1. The number of fused-ring (bicyclic) bond motifs is 1. The van der Waals surface area contributed by atoms with Gasteiger partial charge in [0.05, 0.1) is 25.5 Å². The topological polar surface area (TPSA) is 116 Å². The first-order chi connectivity index (χ1) is 14.1. The molecule has 1 aromatic carbocycles. The van der Waals surface area contributed by atoms with E-state index in [1.165, 1.54) is 17.9 Å². The summed E-state index contributed by atoms with van der Waals surface area (Å²) in [4.78, 5) is 30.6. The van der Waals surface area contributed by atoms with Gasteiger partial charge in [0.15, 0.2) is 11.5 Å². The van der Waals surface area contributed by atoms with E-state index in [9.17, 15) is 14.0 Å². The first kappa shape index (κ1) is 18.4. The molecule has 0 atom stereocenters. The lowest BCUT2D eigenvalue weighted by Gasteiger charge is -2.04. The van der Waals surface area contributed by atoms with E-state index in [0.717, 1.165) is 0 Å². The third-order valence-electron chi connectivity index (χ3n) is 4.31. The van der Waals surface area contributed by atoms with Gasteiger partial charge in [0, 0.05) is 11.8 Å². The molecule has 3 aromatic heterocycles. The number of carbonyl (C=O) groups is 1. The summed E-state index contributed by atoms with van der Waals surface area (Å²) in [6.45, 7) is 0.151. The van der Waals surface area contributed by atoms with E-state index >= 15 is 0 Å². The fourth-order valence-electron chi connectivity index (χ4n) is 2.87. The first-order valence-corrected chi connectivity index (χ1v) is 8.65. The number of pyridine rings is 1. The molecule has 0 fully saturated rings. The van der Waals surface area contributed by atoms with Crippen LogP contribution in [-0.4, -0.2) is 43.0 Å². The van der Waals surface area contributed by atoms with Gasteiger partial charge in [-0.2, -0.15) is 5.10 Å². The molecule has 4 rings (SSSR count). The van der Waals surface area contributed by atoms with Crippen molar-refractivity contribution in [1.82, 2.24) is 29.9 Å². The largest absolute Gasteiger partial charge is 0.469 e. The van der Waals surface area contributed by atoms with Crippen LogP contribution in [0.5, 0.6) is 0 Å². The highest BCUT2D eigenvalue weighted by atomic mass is 19.1. The molecule has 0 saturated carbocycles. The van der Waals surface area contributed by atoms with Gasteiger partial charge in [-0.3, -0.25) is 9.59 Å². The molecule has 0 aliphatic carbocycles. The van der Waals surface area contributed by atoms with Crippen molar-refractivity contribution in [3.63, 3.8) is 0 Å². The Balaban J connectivity index is 1.77. The van der Waals surface area contributed by atoms with E-state index in [-0.39, 0.29) is 30.3 Å². The fraction of sp³-hybridized carbons (Fsp3) is 0.158. The van der Waals surface area contributed by atoms with Crippen molar-refractivity contribution in [2.75, 3.05) is 7.11 Å². The molecule has 0 aliphatic heterocycles. The number of H-pyrrole nitrogens is 1. The predicted molar refractivity (Wildman–Crippen MR) is 100 cm³/mol. The number of aromatic nitrogens is 6. The van der Waals surface area contributed by atoms with Crippen LogP contribution in [0.1, 0.15) is 11.3 Å². The number of halogens is 1. The molecular weight excluding hydrogens is 379 g/mol. The van der Waals surface area contributed by atoms with E-state index < -0.39 is 11.5 Å². The first-order valence-electron chi connectivity index (χ1n) is 8.65. The van der Waals surface area contributed by atoms with Gasteiger partial charge in [0.2, 0.25) is 0 Å². The zero-order valence-electron chi connectivity index (χ0n) is 15.3. The highest BCUT2D eigenvalue weighted by Gasteiger charge is 2.18. The highest BCUT2D eigenvalue weighted by Crippen LogP contribution is 2.24. The Kier molecular flexibility index (Phi) is 4.82. The molecule has 3 heterocycles. The number of nitrogens with one attached hydrogen (secondary N) is 1. The highest BCUT2D eigenvalue weighted by molar-refractivity contribution is 5.89. The van der Waals surface area contributed by atoms with E-state index in [2.05, 4.69) is 30.0 Å². The van der Waals surface area contributed by atoms with Crippen molar-refractivity contribution < 1.29 is 13.9 Å². The Bertz CT molecular complexity index is 1270. The number of hydrogen-bond acceptors (Lipinski definition) is 7. The van der Waals surface area contributed by atoms with Crippen LogP contribution in [0.3, 0.4) is 0 Å². The average molecular weight is 394 g/mol. The van der Waals surface area contributed by atoms with Crippen LogP contribution in [0.4, 0.5) is 4.39 Å². The molecule has 146 valence electrons. The van der Waals surface area contributed by atoms with Crippen LogP contribution in [0, 0.1) is 5.82 Å². The third-order valence-corrected chi connectivity index (χ3v) is 4.31. The summed E-state index contributed by atoms with van der Waals surface area (Å²) in [5.74, 6) is -0.829. The summed E-state index contributed by atoms with van der Waals surface area (Å²) in [5.41, 5.74) is 0.669. The minimum Gasteiger partial charge on any atom is -0.469 e. The Labute approximate surface area is 163 Å². The summed E-state index contributed by atoms with van der Waals surface area (Å²) in [5, 5.41) is 12.9. The van der Waals surface area contributed by atoms with Gasteiger partial charge >= 0.3 is 5.97 Å². The number of benzene rings is 1. The van der Waals surface area contributed by atoms with Crippen molar-refractivity contribution in [3.8, 4) is 11.5 Å². The third kappa shape index (κ3) is 3.59.